The van der Waals surface area contributed by atoms with Crippen LogP contribution in [0.5, 0.6) is 0 Å². The quantitative estimate of drug-likeness (QED) is 0.331. The van der Waals surface area contributed by atoms with E-state index in [9.17, 15) is 4.39 Å². The van der Waals surface area contributed by atoms with Crippen LogP contribution in [0, 0.1) is 11.2 Å². The molecule has 2 aliphatic heterocycles. The third kappa shape index (κ3) is 5.10. The van der Waals surface area contributed by atoms with Crippen molar-refractivity contribution in [3.63, 3.8) is 0 Å². The first-order chi connectivity index (χ1) is 18.1. The second kappa shape index (κ2) is 10.4. The molecule has 2 saturated heterocycles. The Balaban J connectivity index is 1.22. The smallest absolute Gasteiger partial charge is 0.128 e. The van der Waals surface area contributed by atoms with Gasteiger partial charge in [0.1, 0.15) is 16.6 Å². The van der Waals surface area contributed by atoms with Gasteiger partial charge in [-0.2, -0.15) is 0 Å². The molecule has 3 aliphatic rings. The first kappa shape index (κ1) is 24.4. The molecule has 190 valence electrons. The topological polar surface area (TPSA) is 44.3 Å². The Labute approximate surface area is 226 Å². The van der Waals surface area contributed by atoms with Gasteiger partial charge in [0.15, 0.2) is 0 Å². The number of rotatable bonds is 7. The summed E-state index contributed by atoms with van der Waals surface area (Å²) in [5.41, 5.74) is 4.18. The molecule has 5 nitrogen and oxygen atoms in total. The van der Waals surface area contributed by atoms with Crippen LogP contribution in [0.2, 0.25) is 0 Å². The number of nitrogens with zero attached hydrogens (tertiary/aromatic N) is 4. The van der Waals surface area contributed by atoms with Gasteiger partial charge < -0.3 is 10.2 Å². The molecule has 0 amide bonds. The third-order valence-corrected chi connectivity index (χ3v) is 9.33. The highest BCUT2D eigenvalue weighted by molar-refractivity contribution is 7.97. The molecular weight excluding hydrogens is 501 g/mol. The van der Waals surface area contributed by atoms with E-state index >= 15 is 0 Å². The minimum atomic E-state index is -0.231. The van der Waals surface area contributed by atoms with Crippen molar-refractivity contribution >= 4 is 40.4 Å². The number of allylic oxidation sites excluding steroid dienone is 2. The summed E-state index contributed by atoms with van der Waals surface area (Å²) in [5, 5.41) is 6.47. The number of aromatic nitrogens is 2. The van der Waals surface area contributed by atoms with E-state index in [0.717, 1.165) is 71.7 Å². The van der Waals surface area contributed by atoms with Gasteiger partial charge in [-0.25, -0.2) is 18.7 Å². The van der Waals surface area contributed by atoms with E-state index in [1.54, 1.807) is 35.4 Å². The average molecular weight is 532 g/mol. The highest BCUT2D eigenvalue weighted by atomic mass is 32.2. The van der Waals surface area contributed by atoms with E-state index < -0.39 is 0 Å². The van der Waals surface area contributed by atoms with Crippen LogP contribution in [0.1, 0.15) is 30.7 Å². The fourth-order valence-electron chi connectivity index (χ4n) is 5.47. The van der Waals surface area contributed by atoms with Crippen molar-refractivity contribution < 1.29 is 4.39 Å². The number of thiazole rings is 1. The maximum Gasteiger partial charge on any atom is 0.128 e. The maximum atomic E-state index is 13.4. The molecule has 3 aromatic rings. The second-order valence-corrected chi connectivity index (χ2v) is 11.9. The minimum Gasteiger partial charge on any atom is -0.357 e. The summed E-state index contributed by atoms with van der Waals surface area (Å²) < 4.78 is 15.8. The van der Waals surface area contributed by atoms with Crippen LogP contribution in [-0.2, 0) is 0 Å². The van der Waals surface area contributed by atoms with Gasteiger partial charge in [0.05, 0.1) is 0 Å². The van der Waals surface area contributed by atoms with Gasteiger partial charge in [-0.15, -0.1) is 11.3 Å². The van der Waals surface area contributed by atoms with Gasteiger partial charge in [0, 0.05) is 65.6 Å². The van der Waals surface area contributed by atoms with Crippen LogP contribution in [0.4, 0.5) is 15.9 Å². The van der Waals surface area contributed by atoms with Gasteiger partial charge >= 0.3 is 0 Å². The zero-order chi connectivity index (χ0) is 25.2. The summed E-state index contributed by atoms with van der Waals surface area (Å²) in [7, 11) is 0. The summed E-state index contributed by atoms with van der Waals surface area (Å²) in [6, 6.07) is 10.9. The minimum absolute atomic E-state index is 0.208. The summed E-state index contributed by atoms with van der Waals surface area (Å²) in [6.45, 7) is 8.59. The van der Waals surface area contributed by atoms with Crippen molar-refractivity contribution in [3.05, 3.63) is 95.0 Å². The number of hydrogen-bond acceptors (Lipinski definition) is 7. The Bertz CT molecular complexity index is 1310. The SMILES string of the molecule is C=C(c1nccs1)C12CC=C(Nc3ccc(F)cc3)C=C1CCN(Sc1ccc(N3CCCC3)nc1)C2. The van der Waals surface area contributed by atoms with Crippen LogP contribution in [0.25, 0.3) is 5.57 Å². The predicted molar refractivity (Wildman–Crippen MR) is 152 cm³/mol. The molecule has 8 heteroatoms. The average Bonchev–Trinajstić information content (AvgIpc) is 3.65. The van der Waals surface area contributed by atoms with Gasteiger partial charge in [-0.3, -0.25) is 0 Å². The fraction of sp³-hybridized carbons (Fsp3) is 0.310. The predicted octanol–water partition coefficient (Wildman–Crippen LogP) is 7.02. The molecular formula is C29H30FN5S2. The van der Waals surface area contributed by atoms with E-state index in [1.807, 2.05) is 17.8 Å². The largest absolute Gasteiger partial charge is 0.357 e. The van der Waals surface area contributed by atoms with Crippen molar-refractivity contribution in [1.29, 1.82) is 0 Å². The lowest BCUT2D eigenvalue weighted by Gasteiger charge is -2.46. The summed E-state index contributed by atoms with van der Waals surface area (Å²) in [6.07, 6.45) is 12.7. The van der Waals surface area contributed by atoms with Gasteiger partial charge in [0.25, 0.3) is 0 Å². The van der Waals surface area contributed by atoms with Crippen molar-refractivity contribution in [3.8, 4) is 0 Å². The van der Waals surface area contributed by atoms with Gasteiger partial charge in [0.2, 0.25) is 0 Å². The van der Waals surface area contributed by atoms with Crippen LogP contribution < -0.4 is 10.2 Å². The van der Waals surface area contributed by atoms with Crippen LogP contribution in [0.3, 0.4) is 0 Å². The number of hydrogen-bond donors (Lipinski definition) is 1. The Morgan fingerprint density at radius 3 is 2.65 bits per heavy atom. The highest BCUT2D eigenvalue weighted by Gasteiger charge is 2.44. The number of pyridine rings is 1. The van der Waals surface area contributed by atoms with Crippen molar-refractivity contribution in [2.45, 2.75) is 30.6 Å². The first-order valence-electron chi connectivity index (χ1n) is 12.8. The molecule has 4 heterocycles. The van der Waals surface area contributed by atoms with Gasteiger partial charge in [-0.05, 0) is 85.7 Å². The highest BCUT2D eigenvalue weighted by Crippen LogP contribution is 2.52. The Morgan fingerprint density at radius 2 is 1.92 bits per heavy atom. The monoisotopic (exact) mass is 531 g/mol. The summed E-state index contributed by atoms with van der Waals surface area (Å²) >= 11 is 3.43. The Morgan fingerprint density at radius 1 is 1.08 bits per heavy atom. The van der Waals surface area contributed by atoms with E-state index in [4.69, 9.17) is 4.98 Å². The van der Waals surface area contributed by atoms with Gasteiger partial charge in [-0.1, -0.05) is 18.2 Å². The molecule has 1 atom stereocenters. The lowest BCUT2D eigenvalue weighted by molar-refractivity contribution is 0.289. The first-order valence-corrected chi connectivity index (χ1v) is 14.4. The zero-order valence-electron chi connectivity index (χ0n) is 20.7. The molecule has 2 aromatic heterocycles. The lowest BCUT2D eigenvalue weighted by Crippen LogP contribution is -2.43. The molecule has 1 N–H and O–H groups in total. The molecule has 0 spiro atoms. The number of fused-ring (bicyclic) bond motifs is 1. The van der Waals surface area contributed by atoms with E-state index in [-0.39, 0.29) is 11.2 Å². The molecule has 37 heavy (non-hydrogen) atoms. The van der Waals surface area contributed by atoms with Crippen LogP contribution in [0.15, 0.2) is 89.1 Å². The molecule has 1 aliphatic carbocycles. The molecule has 2 fully saturated rings. The lowest BCUT2D eigenvalue weighted by atomic mass is 9.66. The molecule has 0 bridgehead atoms. The Kier molecular flexibility index (Phi) is 6.88. The standard InChI is InChI=1S/C29H30FN5S2/c1-21(28-31-13-17-36-28)29-12-10-25(33-24-6-4-23(30)5-7-24)18-22(29)11-16-35(20-29)37-26-8-9-27(32-19-26)34-14-2-3-15-34/h4-10,13,17-19,33H,1-3,11-12,14-16,20H2. The number of benzene rings is 1. The van der Waals surface area contributed by atoms with E-state index in [1.165, 1.54) is 30.5 Å². The normalized spacial score (nSPS) is 21.8. The van der Waals surface area contributed by atoms with Crippen molar-refractivity contribution in [2.24, 2.45) is 5.41 Å². The number of anilines is 2. The number of nitrogens with one attached hydrogen (secondary N) is 1. The van der Waals surface area contributed by atoms with Crippen LogP contribution in [-0.4, -0.2) is 40.5 Å². The molecule has 0 saturated carbocycles. The van der Waals surface area contributed by atoms with Crippen LogP contribution >= 0.6 is 23.3 Å². The summed E-state index contributed by atoms with van der Waals surface area (Å²) in [4.78, 5) is 12.9. The van der Waals surface area contributed by atoms with Crippen molar-refractivity contribution in [2.75, 3.05) is 36.4 Å². The zero-order valence-corrected chi connectivity index (χ0v) is 22.3. The van der Waals surface area contributed by atoms with E-state index in [2.05, 4.69) is 50.4 Å². The molecule has 6 rings (SSSR count). The fourth-order valence-corrected chi connectivity index (χ4v) is 7.17. The molecule has 1 unspecified atom stereocenters. The number of piperidine rings is 1. The Hall–Kier alpha value is -2.94. The summed E-state index contributed by atoms with van der Waals surface area (Å²) in [5.74, 6) is 0.851. The number of halogens is 1. The third-order valence-electron chi connectivity index (χ3n) is 7.48. The second-order valence-electron chi connectivity index (χ2n) is 9.81. The van der Waals surface area contributed by atoms with E-state index in [0.29, 0.717) is 0 Å². The maximum absolute atomic E-state index is 13.4. The van der Waals surface area contributed by atoms with Crippen molar-refractivity contribution in [1.82, 2.24) is 14.3 Å². The molecule has 0 radical (unpaired) electrons. The molecule has 1 aromatic carbocycles.